The second-order valence-corrected chi connectivity index (χ2v) is 4.97. The van der Waals surface area contributed by atoms with Gasteiger partial charge in [-0.1, -0.05) is 22.0 Å². The Morgan fingerprint density at radius 1 is 1.05 bits per heavy atom. The van der Waals surface area contributed by atoms with Crippen molar-refractivity contribution in [3.8, 4) is 0 Å². The van der Waals surface area contributed by atoms with Crippen LogP contribution >= 0.6 is 15.9 Å². The number of hydrogen-bond donors (Lipinski definition) is 0. The average molecular weight is 332 g/mol. The number of ketones is 1. The van der Waals surface area contributed by atoms with Crippen LogP contribution < -0.4 is 0 Å². The van der Waals surface area contributed by atoms with E-state index in [2.05, 4.69) is 15.9 Å². The topological polar surface area (TPSA) is 60.2 Å². The fraction of sp³-hybridized carbons (Fsp3) is 0. The highest BCUT2D eigenvalue weighted by Crippen LogP contribution is 2.14. The third-order valence-corrected chi connectivity index (χ3v) is 3.19. The van der Waals surface area contributed by atoms with Crippen molar-refractivity contribution in [3.05, 3.63) is 80.3 Å². The third-order valence-electron chi connectivity index (χ3n) is 2.66. The van der Waals surface area contributed by atoms with Crippen LogP contribution in [-0.4, -0.2) is 10.7 Å². The molecule has 0 saturated heterocycles. The number of nitro benzene ring substituents is 1. The molecule has 0 bridgehead atoms. The molecule has 0 aliphatic carbocycles. The minimum atomic E-state index is -0.458. The Labute approximate surface area is 124 Å². The summed E-state index contributed by atoms with van der Waals surface area (Å²) in [5.74, 6) is -0.115. The molecular weight excluding hydrogens is 322 g/mol. The van der Waals surface area contributed by atoms with E-state index in [1.807, 2.05) is 0 Å². The van der Waals surface area contributed by atoms with Crippen molar-refractivity contribution in [2.45, 2.75) is 0 Å². The number of halogens is 1. The maximum Gasteiger partial charge on any atom is 0.269 e. The number of hydrogen-bond acceptors (Lipinski definition) is 3. The van der Waals surface area contributed by atoms with Crippen LogP contribution in [0.1, 0.15) is 15.9 Å². The molecule has 2 aromatic rings. The first kappa shape index (κ1) is 14.1. The SMILES string of the molecule is O=C(C=Cc1ccc([N+](=O)[O-])cc1)c1ccc(Br)cc1. The number of rotatable bonds is 4. The van der Waals surface area contributed by atoms with Gasteiger partial charge in [0, 0.05) is 22.2 Å². The lowest BCUT2D eigenvalue weighted by Crippen LogP contribution is -1.93. The number of nitro groups is 1. The summed E-state index contributed by atoms with van der Waals surface area (Å²) in [6.07, 6.45) is 3.08. The lowest BCUT2D eigenvalue weighted by Gasteiger charge is -1.96. The van der Waals surface area contributed by atoms with Gasteiger partial charge in [0.15, 0.2) is 5.78 Å². The summed E-state index contributed by atoms with van der Waals surface area (Å²) in [7, 11) is 0. The largest absolute Gasteiger partial charge is 0.289 e. The Morgan fingerprint density at radius 3 is 2.20 bits per heavy atom. The molecule has 20 heavy (non-hydrogen) atoms. The van der Waals surface area contributed by atoms with Gasteiger partial charge in [-0.2, -0.15) is 0 Å². The molecule has 0 amide bonds. The van der Waals surface area contributed by atoms with Crippen LogP contribution in [0.5, 0.6) is 0 Å². The molecule has 0 aliphatic heterocycles. The molecule has 0 radical (unpaired) electrons. The van der Waals surface area contributed by atoms with Gasteiger partial charge in [0.1, 0.15) is 0 Å². The van der Waals surface area contributed by atoms with Crippen LogP contribution in [0.4, 0.5) is 5.69 Å². The second kappa shape index (κ2) is 6.25. The lowest BCUT2D eigenvalue weighted by molar-refractivity contribution is -0.384. The highest BCUT2D eigenvalue weighted by atomic mass is 79.9. The molecule has 2 rings (SSSR count). The predicted octanol–water partition coefficient (Wildman–Crippen LogP) is 4.25. The number of nitrogens with zero attached hydrogens (tertiary/aromatic N) is 1. The molecule has 0 saturated carbocycles. The number of carbonyl (C=O) groups excluding carboxylic acids is 1. The number of allylic oxidation sites excluding steroid dienone is 1. The molecule has 0 atom stereocenters. The Balaban J connectivity index is 2.10. The van der Waals surface area contributed by atoms with Crippen LogP contribution in [0, 0.1) is 10.1 Å². The van der Waals surface area contributed by atoms with E-state index in [0.717, 1.165) is 10.0 Å². The lowest BCUT2D eigenvalue weighted by atomic mass is 10.1. The zero-order valence-electron chi connectivity index (χ0n) is 10.3. The van der Waals surface area contributed by atoms with Crippen LogP contribution in [-0.2, 0) is 0 Å². The van der Waals surface area contributed by atoms with Gasteiger partial charge in [-0.05, 0) is 48.0 Å². The van der Waals surface area contributed by atoms with Gasteiger partial charge in [0.05, 0.1) is 4.92 Å². The molecule has 0 fully saturated rings. The molecule has 0 spiro atoms. The second-order valence-electron chi connectivity index (χ2n) is 4.05. The van der Waals surface area contributed by atoms with E-state index in [0.29, 0.717) is 5.56 Å². The number of carbonyl (C=O) groups is 1. The maximum atomic E-state index is 11.9. The maximum absolute atomic E-state index is 11.9. The van der Waals surface area contributed by atoms with Crippen LogP contribution in [0.25, 0.3) is 6.08 Å². The Kier molecular flexibility index (Phi) is 4.42. The highest BCUT2D eigenvalue weighted by molar-refractivity contribution is 9.10. The molecule has 0 aliphatic rings. The summed E-state index contributed by atoms with van der Waals surface area (Å²) in [4.78, 5) is 22.0. The van der Waals surface area contributed by atoms with Crippen molar-refractivity contribution >= 4 is 33.5 Å². The normalized spacial score (nSPS) is 10.7. The summed E-state index contributed by atoms with van der Waals surface area (Å²) < 4.78 is 0.911. The molecule has 4 nitrogen and oxygen atoms in total. The fourth-order valence-electron chi connectivity index (χ4n) is 1.59. The van der Waals surface area contributed by atoms with Crippen molar-refractivity contribution in [1.82, 2.24) is 0 Å². The molecule has 2 aromatic carbocycles. The van der Waals surface area contributed by atoms with Crippen molar-refractivity contribution in [1.29, 1.82) is 0 Å². The van der Waals surface area contributed by atoms with Gasteiger partial charge >= 0.3 is 0 Å². The van der Waals surface area contributed by atoms with E-state index < -0.39 is 4.92 Å². The van der Waals surface area contributed by atoms with E-state index in [9.17, 15) is 14.9 Å². The van der Waals surface area contributed by atoms with E-state index in [4.69, 9.17) is 0 Å². The van der Waals surface area contributed by atoms with Gasteiger partial charge < -0.3 is 0 Å². The van der Waals surface area contributed by atoms with Crippen molar-refractivity contribution in [2.75, 3.05) is 0 Å². The van der Waals surface area contributed by atoms with E-state index >= 15 is 0 Å². The quantitative estimate of drug-likeness (QED) is 0.364. The van der Waals surface area contributed by atoms with Crippen LogP contribution in [0.15, 0.2) is 59.1 Å². The molecule has 100 valence electrons. The zero-order valence-corrected chi connectivity index (χ0v) is 11.9. The predicted molar refractivity (Wildman–Crippen MR) is 80.6 cm³/mol. The Bertz CT molecular complexity index is 661. The van der Waals surface area contributed by atoms with Crippen molar-refractivity contribution < 1.29 is 9.72 Å². The van der Waals surface area contributed by atoms with Gasteiger partial charge in [0.2, 0.25) is 0 Å². The minimum Gasteiger partial charge on any atom is -0.289 e. The molecule has 0 N–H and O–H groups in total. The smallest absolute Gasteiger partial charge is 0.269 e. The fourth-order valence-corrected chi connectivity index (χ4v) is 1.85. The molecular formula is C15H10BrNO3. The van der Waals surface area contributed by atoms with E-state index in [1.165, 1.54) is 18.2 Å². The third kappa shape index (κ3) is 3.61. The monoisotopic (exact) mass is 331 g/mol. The summed E-state index contributed by atoms with van der Waals surface area (Å²) in [5.41, 5.74) is 1.36. The summed E-state index contributed by atoms with van der Waals surface area (Å²) in [6, 6.07) is 13.1. The summed E-state index contributed by atoms with van der Waals surface area (Å²) in [6.45, 7) is 0. The molecule has 0 heterocycles. The van der Waals surface area contributed by atoms with Crippen molar-refractivity contribution in [3.63, 3.8) is 0 Å². The van der Waals surface area contributed by atoms with Crippen LogP contribution in [0.2, 0.25) is 0 Å². The highest BCUT2D eigenvalue weighted by Gasteiger charge is 2.03. The number of benzene rings is 2. The zero-order chi connectivity index (χ0) is 14.5. The Morgan fingerprint density at radius 2 is 1.65 bits per heavy atom. The first-order valence-electron chi connectivity index (χ1n) is 5.79. The molecule has 5 heteroatoms. The minimum absolute atomic E-state index is 0.0291. The standard InChI is InChI=1S/C15H10BrNO3/c16-13-6-4-12(5-7-13)15(18)10-3-11-1-8-14(9-2-11)17(19)20/h1-10H. The summed E-state index contributed by atoms with van der Waals surface area (Å²) >= 11 is 3.30. The first-order chi connectivity index (χ1) is 9.56. The van der Waals surface area contributed by atoms with E-state index in [1.54, 1.807) is 42.5 Å². The van der Waals surface area contributed by atoms with Gasteiger partial charge in [-0.15, -0.1) is 0 Å². The average Bonchev–Trinajstić information content (AvgIpc) is 2.46. The van der Waals surface area contributed by atoms with Gasteiger partial charge in [0.25, 0.3) is 5.69 Å². The Hall–Kier alpha value is -2.27. The molecule has 0 unspecified atom stereocenters. The van der Waals surface area contributed by atoms with Gasteiger partial charge in [-0.25, -0.2) is 0 Å². The molecule has 0 aromatic heterocycles. The van der Waals surface area contributed by atoms with Gasteiger partial charge in [-0.3, -0.25) is 14.9 Å². The van der Waals surface area contributed by atoms with Crippen LogP contribution in [0.3, 0.4) is 0 Å². The number of non-ortho nitro benzene ring substituents is 1. The van der Waals surface area contributed by atoms with Crippen molar-refractivity contribution in [2.24, 2.45) is 0 Å². The first-order valence-corrected chi connectivity index (χ1v) is 6.58. The summed E-state index contributed by atoms with van der Waals surface area (Å²) in [5, 5.41) is 10.5. The van der Waals surface area contributed by atoms with E-state index in [-0.39, 0.29) is 11.5 Å².